The largest absolute Gasteiger partial charge is 0.472 e. The highest BCUT2D eigenvalue weighted by atomic mass is 32.2. The number of hydrogen-bond acceptors (Lipinski definition) is 5. The van der Waals surface area contributed by atoms with E-state index >= 15 is 0 Å². The number of carbonyl (C=O) groups is 1. The maximum absolute atomic E-state index is 12.3. The third-order valence-corrected chi connectivity index (χ3v) is 5.27. The lowest BCUT2D eigenvalue weighted by atomic mass is 10.3. The molecule has 0 unspecified atom stereocenters. The third-order valence-electron chi connectivity index (χ3n) is 3.50. The standard InChI is InChI=1S/C14H16N2O5S/c17-14(15-9-11-5-8-20-10-11)12-3-4-13(21-12)22(18,19)16-6-1-2-7-16/h3-5,8,10H,1-2,6-7,9H2,(H,15,17). The van der Waals surface area contributed by atoms with Crippen molar-refractivity contribution in [3.05, 3.63) is 42.0 Å². The molecule has 1 aliphatic heterocycles. The van der Waals surface area contributed by atoms with Crippen molar-refractivity contribution in [1.82, 2.24) is 9.62 Å². The van der Waals surface area contributed by atoms with Crippen LogP contribution in [0.1, 0.15) is 29.0 Å². The monoisotopic (exact) mass is 324 g/mol. The van der Waals surface area contributed by atoms with Gasteiger partial charge in [0.25, 0.3) is 15.9 Å². The smallest absolute Gasteiger partial charge is 0.287 e. The Bertz CT molecular complexity index is 742. The molecule has 7 nitrogen and oxygen atoms in total. The quantitative estimate of drug-likeness (QED) is 0.901. The van der Waals surface area contributed by atoms with Crippen molar-refractivity contribution < 1.29 is 22.0 Å². The van der Waals surface area contributed by atoms with E-state index in [1.165, 1.54) is 29.0 Å². The molecule has 1 amide bonds. The molecule has 0 aromatic carbocycles. The van der Waals surface area contributed by atoms with E-state index in [9.17, 15) is 13.2 Å². The van der Waals surface area contributed by atoms with Gasteiger partial charge in [-0.3, -0.25) is 4.79 Å². The van der Waals surface area contributed by atoms with Crippen LogP contribution in [-0.2, 0) is 16.6 Å². The average Bonchev–Trinajstić information content (AvgIpc) is 3.27. The lowest BCUT2D eigenvalue weighted by Gasteiger charge is -2.12. The SMILES string of the molecule is O=C(NCc1ccoc1)c1ccc(S(=O)(=O)N2CCCC2)o1. The van der Waals surface area contributed by atoms with Crippen LogP contribution in [0.15, 0.2) is 44.7 Å². The van der Waals surface area contributed by atoms with Crippen LogP contribution in [0.2, 0.25) is 0 Å². The van der Waals surface area contributed by atoms with Crippen LogP contribution in [0.5, 0.6) is 0 Å². The van der Waals surface area contributed by atoms with Gasteiger partial charge in [-0.15, -0.1) is 0 Å². The van der Waals surface area contributed by atoms with Gasteiger partial charge in [0.2, 0.25) is 5.09 Å². The minimum absolute atomic E-state index is 0.0266. The maximum atomic E-state index is 12.3. The van der Waals surface area contributed by atoms with E-state index in [2.05, 4.69) is 5.32 Å². The van der Waals surface area contributed by atoms with E-state index in [-0.39, 0.29) is 17.4 Å². The van der Waals surface area contributed by atoms with Crippen LogP contribution in [-0.4, -0.2) is 31.7 Å². The molecule has 8 heteroatoms. The predicted octanol–water partition coefficient (Wildman–Crippen LogP) is 1.59. The lowest BCUT2D eigenvalue weighted by molar-refractivity contribution is 0.0917. The van der Waals surface area contributed by atoms with Gasteiger partial charge < -0.3 is 14.2 Å². The number of hydrogen-bond donors (Lipinski definition) is 1. The second-order valence-electron chi connectivity index (χ2n) is 5.04. The molecular formula is C14H16N2O5S. The van der Waals surface area contributed by atoms with E-state index in [0.29, 0.717) is 13.1 Å². The van der Waals surface area contributed by atoms with Gasteiger partial charge in [0.1, 0.15) is 0 Å². The van der Waals surface area contributed by atoms with Crippen LogP contribution >= 0.6 is 0 Å². The van der Waals surface area contributed by atoms with E-state index < -0.39 is 15.9 Å². The normalized spacial score (nSPS) is 16.0. The molecule has 0 radical (unpaired) electrons. The van der Waals surface area contributed by atoms with Crippen molar-refractivity contribution in [3.63, 3.8) is 0 Å². The summed E-state index contributed by atoms with van der Waals surface area (Å²) in [5, 5.41) is 2.44. The molecule has 1 saturated heterocycles. The van der Waals surface area contributed by atoms with Crippen LogP contribution in [0.3, 0.4) is 0 Å². The summed E-state index contributed by atoms with van der Waals surface area (Å²) in [6, 6.07) is 4.42. The summed E-state index contributed by atoms with van der Waals surface area (Å²) in [5.41, 5.74) is 0.810. The second-order valence-corrected chi connectivity index (χ2v) is 6.91. The number of carbonyl (C=O) groups excluding carboxylic acids is 1. The maximum Gasteiger partial charge on any atom is 0.287 e. The number of nitrogens with one attached hydrogen (secondary N) is 1. The molecule has 1 fully saturated rings. The van der Waals surface area contributed by atoms with Crippen molar-refractivity contribution in [2.45, 2.75) is 24.5 Å². The predicted molar refractivity (Wildman–Crippen MR) is 76.6 cm³/mol. The Morgan fingerprint density at radius 3 is 2.68 bits per heavy atom. The minimum atomic E-state index is -3.64. The van der Waals surface area contributed by atoms with Crippen molar-refractivity contribution >= 4 is 15.9 Å². The van der Waals surface area contributed by atoms with Crippen molar-refractivity contribution in [2.75, 3.05) is 13.1 Å². The highest BCUT2D eigenvalue weighted by Gasteiger charge is 2.30. The van der Waals surface area contributed by atoms with Crippen LogP contribution < -0.4 is 5.32 Å². The Hall–Kier alpha value is -2.06. The van der Waals surface area contributed by atoms with E-state index in [4.69, 9.17) is 8.83 Å². The topological polar surface area (TPSA) is 92.8 Å². The van der Waals surface area contributed by atoms with Gasteiger partial charge >= 0.3 is 0 Å². The van der Waals surface area contributed by atoms with Crippen molar-refractivity contribution in [1.29, 1.82) is 0 Å². The van der Waals surface area contributed by atoms with E-state index in [1.54, 1.807) is 6.07 Å². The van der Waals surface area contributed by atoms with Gasteiger partial charge in [-0.05, 0) is 31.0 Å². The first-order valence-electron chi connectivity index (χ1n) is 6.96. The van der Waals surface area contributed by atoms with Gasteiger partial charge in [-0.1, -0.05) is 0 Å². The van der Waals surface area contributed by atoms with Gasteiger partial charge in [0, 0.05) is 25.2 Å². The molecule has 118 valence electrons. The van der Waals surface area contributed by atoms with Gasteiger partial charge in [0.05, 0.1) is 12.5 Å². The van der Waals surface area contributed by atoms with Crippen LogP contribution in [0.4, 0.5) is 0 Å². The molecule has 0 spiro atoms. The summed E-state index contributed by atoms with van der Waals surface area (Å²) in [6.45, 7) is 1.26. The fourth-order valence-corrected chi connectivity index (χ4v) is 3.73. The first kappa shape index (κ1) is 14.9. The molecular weight excluding hydrogens is 308 g/mol. The molecule has 0 bridgehead atoms. The molecule has 0 saturated carbocycles. The third kappa shape index (κ3) is 2.93. The molecule has 1 N–H and O–H groups in total. The molecule has 1 aliphatic rings. The van der Waals surface area contributed by atoms with E-state index in [1.807, 2.05) is 0 Å². The zero-order valence-electron chi connectivity index (χ0n) is 11.8. The number of nitrogens with zero attached hydrogens (tertiary/aromatic N) is 1. The van der Waals surface area contributed by atoms with E-state index in [0.717, 1.165) is 18.4 Å². The van der Waals surface area contributed by atoms with Gasteiger partial charge in [0.15, 0.2) is 5.76 Å². The summed E-state index contributed by atoms with van der Waals surface area (Å²) < 4.78 is 36.1. The highest BCUT2D eigenvalue weighted by Crippen LogP contribution is 2.22. The Kier molecular flexibility index (Phi) is 4.04. The summed E-state index contributed by atoms with van der Waals surface area (Å²) in [5.74, 6) is -0.495. The molecule has 2 aromatic rings. The molecule has 3 rings (SSSR count). The zero-order valence-corrected chi connectivity index (χ0v) is 12.6. The molecule has 22 heavy (non-hydrogen) atoms. The fourth-order valence-electron chi connectivity index (χ4n) is 2.30. The van der Waals surface area contributed by atoms with Crippen molar-refractivity contribution in [3.8, 4) is 0 Å². The number of amides is 1. The second kappa shape index (κ2) is 5.98. The van der Waals surface area contributed by atoms with Gasteiger partial charge in [-0.25, -0.2) is 8.42 Å². The van der Waals surface area contributed by atoms with Crippen LogP contribution in [0, 0.1) is 0 Å². The fraction of sp³-hybridized carbons (Fsp3) is 0.357. The molecule has 0 atom stereocenters. The first-order valence-corrected chi connectivity index (χ1v) is 8.40. The lowest BCUT2D eigenvalue weighted by Crippen LogP contribution is -2.27. The average molecular weight is 324 g/mol. The first-order chi connectivity index (χ1) is 10.6. The Morgan fingerprint density at radius 2 is 2.00 bits per heavy atom. The van der Waals surface area contributed by atoms with Gasteiger partial charge in [-0.2, -0.15) is 4.31 Å². The highest BCUT2D eigenvalue weighted by molar-refractivity contribution is 7.89. The molecule has 3 heterocycles. The number of rotatable bonds is 5. The summed E-state index contributed by atoms with van der Waals surface area (Å²) >= 11 is 0. The summed E-state index contributed by atoms with van der Waals surface area (Å²) in [6.07, 6.45) is 4.72. The minimum Gasteiger partial charge on any atom is -0.472 e. The Morgan fingerprint density at radius 1 is 1.23 bits per heavy atom. The zero-order chi connectivity index (χ0) is 15.6. The molecule has 2 aromatic heterocycles. The number of sulfonamides is 1. The Labute approximate surface area is 127 Å². The summed E-state index contributed by atoms with van der Waals surface area (Å²) in [4.78, 5) is 12.0. The van der Waals surface area contributed by atoms with Crippen molar-refractivity contribution in [2.24, 2.45) is 0 Å². The molecule has 0 aliphatic carbocycles. The Balaban J connectivity index is 1.69. The van der Waals surface area contributed by atoms with Crippen LogP contribution in [0.25, 0.3) is 0 Å². The number of furan rings is 2. The summed E-state index contributed by atoms with van der Waals surface area (Å²) in [7, 11) is -3.64.